The molecule has 0 spiro atoms. The minimum Gasteiger partial charge on any atom is -0.480 e. The number of benzene rings is 1. The topological polar surface area (TPSA) is 109 Å². The molecule has 1 amide bonds. The number of carbonyl (C=O) groups is 3. The van der Waals surface area contributed by atoms with Gasteiger partial charge >= 0.3 is 5.97 Å². The van der Waals surface area contributed by atoms with Crippen LogP contribution in [0.4, 0.5) is 5.69 Å². The van der Waals surface area contributed by atoms with Gasteiger partial charge in [-0.25, -0.2) is 0 Å². The van der Waals surface area contributed by atoms with Crippen LogP contribution in [0, 0.1) is 5.92 Å². The fourth-order valence-corrected chi connectivity index (χ4v) is 1.38. The van der Waals surface area contributed by atoms with Gasteiger partial charge in [0.15, 0.2) is 0 Å². The summed E-state index contributed by atoms with van der Waals surface area (Å²) in [7, 11) is 0. The van der Waals surface area contributed by atoms with E-state index >= 15 is 0 Å². The summed E-state index contributed by atoms with van der Waals surface area (Å²) in [5, 5.41) is 10.7. The minimum atomic E-state index is -0.931. The Balaban J connectivity index is 0.000000203. The maximum atomic E-state index is 11.0. The number of anilines is 1. The standard InChI is InChI=1S/C8H5NO2.C5H11NO2/c10-7-5-3-1-2-4-6(5)9-8(7)11;1-3(2)4(6)5(7)8/h1-4H,(H,9,10,11);3-4H,6H2,1-2H3,(H,7,8)/t;4-/m.0/s1. The van der Waals surface area contributed by atoms with Gasteiger partial charge in [0.1, 0.15) is 6.04 Å². The summed E-state index contributed by atoms with van der Waals surface area (Å²) < 4.78 is 0. The van der Waals surface area contributed by atoms with Crippen molar-refractivity contribution >= 4 is 23.3 Å². The van der Waals surface area contributed by atoms with Gasteiger partial charge in [0.05, 0.1) is 11.3 Å². The second-order valence-corrected chi connectivity index (χ2v) is 4.44. The van der Waals surface area contributed by atoms with Gasteiger partial charge in [-0.05, 0) is 18.1 Å². The van der Waals surface area contributed by atoms with Gasteiger partial charge in [-0.15, -0.1) is 0 Å². The number of carboxylic acids is 1. The van der Waals surface area contributed by atoms with Crippen LogP contribution in [0.5, 0.6) is 0 Å². The summed E-state index contributed by atoms with van der Waals surface area (Å²) in [4.78, 5) is 31.8. The molecule has 0 bridgehead atoms. The quantitative estimate of drug-likeness (QED) is 0.687. The molecule has 6 nitrogen and oxygen atoms in total. The lowest BCUT2D eigenvalue weighted by Gasteiger charge is -2.07. The van der Waals surface area contributed by atoms with Gasteiger partial charge in [0.2, 0.25) is 0 Å². The van der Waals surface area contributed by atoms with Crippen molar-refractivity contribution in [2.24, 2.45) is 11.7 Å². The second kappa shape index (κ2) is 6.10. The Morgan fingerprint density at radius 3 is 2.26 bits per heavy atom. The van der Waals surface area contributed by atoms with Gasteiger partial charge in [-0.2, -0.15) is 0 Å². The number of carboxylic acid groups (broad SMARTS) is 1. The van der Waals surface area contributed by atoms with Crippen LogP contribution in [0.1, 0.15) is 24.2 Å². The maximum Gasteiger partial charge on any atom is 0.320 e. The van der Waals surface area contributed by atoms with Crippen LogP contribution in [0.3, 0.4) is 0 Å². The predicted molar refractivity (Wildman–Crippen MR) is 69.9 cm³/mol. The molecular weight excluding hydrogens is 248 g/mol. The molecule has 1 aliphatic rings. The normalized spacial score (nSPS) is 14.3. The number of hydrogen-bond acceptors (Lipinski definition) is 4. The SMILES string of the molecule is CC(C)[C@H](N)C(=O)O.O=C1Nc2ccccc2C1=O. The average Bonchev–Trinajstić information content (AvgIpc) is 2.65. The Kier molecular flexibility index (Phi) is 4.77. The van der Waals surface area contributed by atoms with Crippen molar-refractivity contribution in [3.8, 4) is 0 Å². The van der Waals surface area contributed by atoms with Gasteiger partial charge in [-0.1, -0.05) is 26.0 Å². The number of para-hydroxylation sites is 1. The molecule has 0 aliphatic carbocycles. The summed E-state index contributed by atoms with van der Waals surface area (Å²) in [6.45, 7) is 3.55. The number of hydrogen-bond donors (Lipinski definition) is 3. The van der Waals surface area contributed by atoms with E-state index in [1.165, 1.54) is 0 Å². The van der Waals surface area contributed by atoms with Crippen LogP contribution in [0.25, 0.3) is 0 Å². The molecule has 0 unspecified atom stereocenters. The fraction of sp³-hybridized carbons (Fsp3) is 0.308. The van der Waals surface area contributed by atoms with E-state index < -0.39 is 23.7 Å². The summed E-state index contributed by atoms with van der Waals surface area (Å²) in [6.07, 6.45) is 0. The van der Waals surface area contributed by atoms with Crippen molar-refractivity contribution in [1.82, 2.24) is 0 Å². The monoisotopic (exact) mass is 264 g/mol. The van der Waals surface area contributed by atoms with E-state index in [0.717, 1.165) is 0 Å². The first-order chi connectivity index (χ1) is 8.84. The molecule has 0 saturated heterocycles. The zero-order valence-corrected chi connectivity index (χ0v) is 10.7. The summed E-state index contributed by atoms with van der Waals surface area (Å²) in [6, 6.07) is 6.14. The highest BCUT2D eigenvalue weighted by molar-refractivity contribution is 6.51. The highest BCUT2D eigenvalue weighted by atomic mass is 16.4. The Labute approximate surface area is 110 Å². The average molecular weight is 264 g/mol. The Bertz CT molecular complexity index is 511. The van der Waals surface area contributed by atoms with Crippen LogP contribution in [0.2, 0.25) is 0 Å². The highest BCUT2D eigenvalue weighted by Crippen LogP contribution is 2.21. The number of ketones is 1. The molecule has 6 heteroatoms. The molecule has 0 radical (unpaired) electrons. The smallest absolute Gasteiger partial charge is 0.320 e. The molecule has 1 aliphatic heterocycles. The molecule has 0 saturated carbocycles. The van der Waals surface area contributed by atoms with Gasteiger partial charge < -0.3 is 16.2 Å². The maximum absolute atomic E-state index is 11.0. The minimum absolute atomic E-state index is 0.0208. The van der Waals surface area contributed by atoms with E-state index in [4.69, 9.17) is 10.8 Å². The number of amides is 1. The third-order valence-electron chi connectivity index (χ3n) is 2.63. The molecule has 4 N–H and O–H groups in total. The summed E-state index contributed by atoms with van der Waals surface area (Å²) >= 11 is 0. The van der Waals surface area contributed by atoms with Gasteiger partial charge in [0.25, 0.3) is 11.7 Å². The first kappa shape index (κ1) is 14.8. The third-order valence-corrected chi connectivity index (χ3v) is 2.63. The predicted octanol–water partition coefficient (Wildman–Crippen LogP) is 0.876. The van der Waals surface area contributed by atoms with E-state index in [2.05, 4.69) is 5.32 Å². The van der Waals surface area contributed by atoms with Crippen molar-refractivity contribution in [2.75, 3.05) is 5.32 Å². The molecule has 1 heterocycles. The molecule has 1 atom stereocenters. The molecule has 2 rings (SSSR count). The van der Waals surface area contributed by atoms with Crippen molar-refractivity contribution in [3.05, 3.63) is 29.8 Å². The van der Waals surface area contributed by atoms with Gasteiger partial charge in [0, 0.05) is 0 Å². The molecule has 1 aromatic rings. The molecule has 1 aromatic carbocycles. The lowest BCUT2D eigenvalue weighted by atomic mass is 10.1. The lowest BCUT2D eigenvalue weighted by molar-refractivity contribution is -0.139. The second-order valence-electron chi connectivity index (χ2n) is 4.44. The third kappa shape index (κ3) is 3.62. The number of Topliss-reactive ketones (excluding diaryl/α,β-unsaturated/α-hetero) is 1. The molecule has 0 aromatic heterocycles. The van der Waals surface area contributed by atoms with Gasteiger partial charge in [-0.3, -0.25) is 14.4 Å². The highest BCUT2D eigenvalue weighted by Gasteiger charge is 2.26. The molecule has 0 fully saturated rings. The van der Waals surface area contributed by atoms with E-state index in [1.807, 2.05) is 0 Å². The Hall–Kier alpha value is -2.21. The largest absolute Gasteiger partial charge is 0.480 e. The number of nitrogens with two attached hydrogens (primary N) is 1. The Morgan fingerprint density at radius 2 is 1.84 bits per heavy atom. The fourth-order valence-electron chi connectivity index (χ4n) is 1.38. The first-order valence-corrected chi connectivity index (χ1v) is 5.77. The zero-order valence-electron chi connectivity index (χ0n) is 10.7. The number of nitrogens with one attached hydrogen (secondary N) is 1. The molecular formula is C13H16N2O4. The lowest BCUT2D eigenvalue weighted by Crippen LogP contribution is -2.34. The van der Waals surface area contributed by atoms with E-state index in [1.54, 1.807) is 38.1 Å². The summed E-state index contributed by atoms with van der Waals surface area (Å²) in [5.74, 6) is -1.89. The van der Waals surface area contributed by atoms with Crippen LogP contribution in [-0.2, 0) is 9.59 Å². The van der Waals surface area contributed by atoms with Crippen LogP contribution in [0.15, 0.2) is 24.3 Å². The zero-order chi connectivity index (χ0) is 14.6. The number of fused-ring (bicyclic) bond motifs is 1. The number of carbonyl (C=O) groups excluding carboxylic acids is 2. The van der Waals surface area contributed by atoms with E-state index in [-0.39, 0.29) is 5.92 Å². The summed E-state index contributed by atoms with van der Waals surface area (Å²) in [5.41, 5.74) is 6.24. The molecule has 19 heavy (non-hydrogen) atoms. The molecule has 102 valence electrons. The van der Waals surface area contributed by atoms with Crippen molar-refractivity contribution in [3.63, 3.8) is 0 Å². The Morgan fingerprint density at radius 1 is 1.26 bits per heavy atom. The van der Waals surface area contributed by atoms with Crippen LogP contribution < -0.4 is 11.1 Å². The van der Waals surface area contributed by atoms with E-state index in [9.17, 15) is 14.4 Å². The number of aliphatic carboxylic acids is 1. The van der Waals surface area contributed by atoms with Crippen LogP contribution >= 0.6 is 0 Å². The van der Waals surface area contributed by atoms with Crippen molar-refractivity contribution in [2.45, 2.75) is 19.9 Å². The van der Waals surface area contributed by atoms with Crippen molar-refractivity contribution < 1.29 is 19.5 Å². The van der Waals surface area contributed by atoms with Crippen molar-refractivity contribution in [1.29, 1.82) is 0 Å². The van der Waals surface area contributed by atoms with E-state index in [0.29, 0.717) is 11.3 Å². The number of rotatable bonds is 2. The first-order valence-electron chi connectivity index (χ1n) is 5.77. The van der Waals surface area contributed by atoms with Crippen LogP contribution in [-0.4, -0.2) is 28.8 Å².